The van der Waals surface area contributed by atoms with Crippen LogP contribution in [-0.4, -0.2) is 71.0 Å². The van der Waals surface area contributed by atoms with Crippen molar-refractivity contribution >= 4 is 21.9 Å². The van der Waals surface area contributed by atoms with E-state index in [1.807, 2.05) is 31.2 Å². The molecule has 0 spiro atoms. The second-order valence-electron chi connectivity index (χ2n) is 5.89. The monoisotopic (exact) mass is 414 g/mol. The van der Waals surface area contributed by atoms with E-state index in [0.29, 0.717) is 6.54 Å². The van der Waals surface area contributed by atoms with Crippen LogP contribution in [0.2, 0.25) is 0 Å². The number of hydrogen-bond donors (Lipinski definition) is 2. The fourth-order valence-electron chi connectivity index (χ4n) is 2.22. The van der Waals surface area contributed by atoms with Crippen molar-refractivity contribution in [2.24, 2.45) is 4.99 Å². The number of ether oxygens (including phenoxy) is 2. The SMILES string of the molecule is CN=C(NCCN(C)CCCOC)NCC(C)Oc1ccccc1Br. The molecular weight excluding hydrogens is 384 g/mol. The number of guanidine groups is 1. The number of aliphatic imine (C=N–C) groups is 1. The minimum atomic E-state index is 0.0222. The first-order chi connectivity index (χ1) is 12.1. The molecule has 0 aliphatic rings. The van der Waals surface area contributed by atoms with Gasteiger partial charge in [-0.15, -0.1) is 0 Å². The molecule has 0 saturated heterocycles. The Morgan fingerprint density at radius 1 is 1.28 bits per heavy atom. The van der Waals surface area contributed by atoms with Gasteiger partial charge >= 0.3 is 0 Å². The maximum absolute atomic E-state index is 5.93. The van der Waals surface area contributed by atoms with Crippen LogP contribution in [0.25, 0.3) is 0 Å². The van der Waals surface area contributed by atoms with E-state index < -0.39 is 0 Å². The molecule has 7 heteroatoms. The van der Waals surface area contributed by atoms with E-state index in [4.69, 9.17) is 9.47 Å². The Morgan fingerprint density at radius 2 is 2.04 bits per heavy atom. The summed E-state index contributed by atoms with van der Waals surface area (Å²) in [4.78, 5) is 6.52. The lowest BCUT2D eigenvalue weighted by Gasteiger charge is -2.20. The van der Waals surface area contributed by atoms with Crippen LogP contribution in [0.5, 0.6) is 5.75 Å². The lowest BCUT2D eigenvalue weighted by Crippen LogP contribution is -2.44. The van der Waals surface area contributed by atoms with Gasteiger partial charge in [0, 0.05) is 40.4 Å². The number of nitrogens with one attached hydrogen (secondary N) is 2. The molecule has 142 valence electrons. The number of halogens is 1. The predicted molar refractivity (Wildman–Crippen MR) is 108 cm³/mol. The van der Waals surface area contributed by atoms with Crippen molar-refractivity contribution < 1.29 is 9.47 Å². The zero-order valence-corrected chi connectivity index (χ0v) is 17.3. The van der Waals surface area contributed by atoms with E-state index >= 15 is 0 Å². The van der Waals surface area contributed by atoms with Gasteiger partial charge in [-0.25, -0.2) is 0 Å². The highest BCUT2D eigenvalue weighted by molar-refractivity contribution is 9.10. The predicted octanol–water partition coefficient (Wildman–Crippen LogP) is 2.35. The average molecular weight is 415 g/mol. The Kier molecular flexibility index (Phi) is 11.3. The average Bonchev–Trinajstić information content (AvgIpc) is 2.60. The summed E-state index contributed by atoms with van der Waals surface area (Å²) in [5.41, 5.74) is 0. The van der Waals surface area contributed by atoms with Gasteiger partial charge in [0.05, 0.1) is 11.0 Å². The third kappa shape index (κ3) is 9.67. The van der Waals surface area contributed by atoms with Crippen LogP contribution in [0.1, 0.15) is 13.3 Å². The summed E-state index contributed by atoms with van der Waals surface area (Å²) in [5.74, 6) is 1.63. The van der Waals surface area contributed by atoms with Crippen LogP contribution in [0.15, 0.2) is 33.7 Å². The van der Waals surface area contributed by atoms with Crippen molar-refractivity contribution in [1.82, 2.24) is 15.5 Å². The first-order valence-electron chi connectivity index (χ1n) is 8.60. The van der Waals surface area contributed by atoms with Gasteiger partial charge in [-0.1, -0.05) is 12.1 Å². The van der Waals surface area contributed by atoms with E-state index in [1.54, 1.807) is 14.2 Å². The molecule has 6 nitrogen and oxygen atoms in total. The summed E-state index contributed by atoms with van der Waals surface area (Å²) in [7, 11) is 5.62. The zero-order valence-electron chi connectivity index (χ0n) is 15.7. The molecule has 0 saturated carbocycles. The van der Waals surface area contributed by atoms with Crippen molar-refractivity contribution in [2.75, 3.05) is 54.0 Å². The molecule has 0 aliphatic carbocycles. The van der Waals surface area contributed by atoms with Gasteiger partial charge < -0.3 is 25.0 Å². The molecule has 0 amide bonds. The molecule has 1 rings (SSSR count). The number of benzene rings is 1. The van der Waals surface area contributed by atoms with E-state index in [-0.39, 0.29) is 6.10 Å². The van der Waals surface area contributed by atoms with E-state index in [1.165, 1.54) is 0 Å². The minimum absolute atomic E-state index is 0.0222. The summed E-state index contributed by atoms with van der Waals surface area (Å²) in [6, 6.07) is 7.86. The van der Waals surface area contributed by atoms with Gasteiger partial charge in [-0.2, -0.15) is 0 Å². The van der Waals surface area contributed by atoms with Crippen molar-refractivity contribution in [3.05, 3.63) is 28.7 Å². The quantitative estimate of drug-likeness (QED) is 0.330. The summed E-state index contributed by atoms with van der Waals surface area (Å²) in [6.07, 6.45) is 1.07. The molecule has 0 heterocycles. The molecule has 25 heavy (non-hydrogen) atoms. The molecule has 1 unspecified atom stereocenters. The molecule has 0 aromatic heterocycles. The number of likely N-dealkylation sites (N-methyl/N-ethyl adjacent to an activating group) is 1. The molecule has 2 N–H and O–H groups in total. The van der Waals surface area contributed by atoms with Crippen molar-refractivity contribution in [3.63, 3.8) is 0 Å². The van der Waals surface area contributed by atoms with Gasteiger partial charge in [0.2, 0.25) is 0 Å². The van der Waals surface area contributed by atoms with Crippen LogP contribution in [0.3, 0.4) is 0 Å². The summed E-state index contributed by atoms with van der Waals surface area (Å²) < 4.78 is 12.0. The number of para-hydroxylation sites is 1. The molecular formula is C18H31BrN4O2. The summed E-state index contributed by atoms with van der Waals surface area (Å²) >= 11 is 3.49. The fourth-order valence-corrected chi connectivity index (χ4v) is 2.59. The maximum atomic E-state index is 5.93. The molecule has 0 aliphatic heterocycles. The van der Waals surface area contributed by atoms with Crippen LogP contribution < -0.4 is 15.4 Å². The van der Waals surface area contributed by atoms with Crippen molar-refractivity contribution in [1.29, 1.82) is 0 Å². The normalized spacial score (nSPS) is 13.0. The second kappa shape index (κ2) is 13.0. The van der Waals surface area contributed by atoms with Gasteiger partial charge in [-0.3, -0.25) is 4.99 Å². The van der Waals surface area contributed by atoms with E-state index in [2.05, 4.69) is 43.5 Å². The van der Waals surface area contributed by atoms with Crippen LogP contribution >= 0.6 is 15.9 Å². The van der Waals surface area contributed by atoms with Crippen LogP contribution in [-0.2, 0) is 4.74 Å². The largest absolute Gasteiger partial charge is 0.488 e. The lowest BCUT2D eigenvalue weighted by atomic mass is 10.3. The Balaban J connectivity index is 2.24. The minimum Gasteiger partial charge on any atom is -0.488 e. The molecule has 0 radical (unpaired) electrons. The first-order valence-corrected chi connectivity index (χ1v) is 9.39. The molecule has 1 atom stereocenters. The van der Waals surface area contributed by atoms with Gasteiger partial charge in [0.15, 0.2) is 5.96 Å². The number of nitrogens with zero attached hydrogens (tertiary/aromatic N) is 2. The Morgan fingerprint density at radius 3 is 2.72 bits per heavy atom. The Labute approximate surface area is 160 Å². The van der Waals surface area contributed by atoms with Gasteiger partial charge in [0.1, 0.15) is 11.9 Å². The highest BCUT2D eigenvalue weighted by Crippen LogP contribution is 2.24. The molecule has 1 aromatic carbocycles. The maximum Gasteiger partial charge on any atom is 0.191 e. The zero-order chi connectivity index (χ0) is 18.5. The third-order valence-corrected chi connectivity index (χ3v) is 4.27. The van der Waals surface area contributed by atoms with E-state index in [0.717, 1.165) is 48.8 Å². The third-order valence-electron chi connectivity index (χ3n) is 3.62. The van der Waals surface area contributed by atoms with Crippen molar-refractivity contribution in [3.8, 4) is 5.75 Å². The molecule has 0 bridgehead atoms. The molecule has 1 aromatic rings. The summed E-state index contributed by atoms with van der Waals surface area (Å²) in [6.45, 7) is 6.32. The molecule has 0 fully saturated rings. The van der Waals surface area contributed by atoms with Crippen LogP contribution in [0, 0.1) is 0 Å². The fraction of sp³-hybridized carbons (Fsp3) is 0.611. The van der Waals surface area contributed by atoms with Crippen molar-refractivity contribution in [2.45, 2.75) is 19.4 Å². The van der Waals surface area contributed by atoms with E-state index in [9.17, 15) is 0 Å². The highest BCUT2D eigenvalue weighted by atomic mass is 79.9. The Bertz CT molecular complexity index is 514. The Hall–Kier alpha value is -1.31. The number of methoxy groups -OCH3 is 1. The standard InChI is InChI=1S/C18H31BrN4O2/c1-15(25-17-9-6-5-8-16(17)19)14-22-18(20-2)21-10-12-23(3)11-7-13-24-4/h5-6,8-9,15H,7,10-14H2,1-4H3,(H2,20,21,22). The van der Waals surface area contributed by atoms with Gasteiger partial charge in [-0.05, 0) is 48.5 Å². The second-order valence-corrected chi connectivity index (χ2v) is 6.74. The smallest absolute Gasteiger partial charge is 0.191 e. The lowest BCUT2D eigenvalue weighted by molar-refractivity contribution is 0.180. The first kappa shape index (κ1) is 21.7. The topological polar surface area (TPSA) is 58.1 Å². The number of rotatable bonds is 11. The van der Waals surface area contributed by atoms with Crippen LogP contribution in [0.4, 0.5) is 0 Å². The van der Waals surface area contributed by atoms with Gasteiger partial charge in [0.25, 0.3) is 0 Å². The summed E-state index contributed by atoms with van der Waals surface area (Å²) in [5, 5.41) is 6.62. The highest BCUT2D eigenvalue weighted by Gasteiger charge is 2.08. The number of hydrogen-bond acceptors (Lipinski definition) is 4.